The minimum absolute atomic E-state index is 0.0197. The highest BCUT2D eigenvalue weighted by atomic mass is 16.5. The number of nitrogens with one attached hydrogen (secondary N) is 1. The Kier molecular flexibility index (Phi) is 5.22. The Hall–Kier alpha value is -2.01. The van der Waals surface area contributed by atoms with E-state index in [-0.39, 0.29) is 18.6 Å². The molecule has 21 heavy (non-hydrogen) atoms. The molecule has 1 aromatic heterocycles. The molecule has 0 aliphatic carbocycles. The number of aliphatic hydroxyl groups excluding tert-OH is 1. The molecule has 1 amide bonds. The molecule has 114 valence electrons. The number of ether oxygens (including phenoxy) is 1. The van der Waals surface area contributed by atoms with E-state index in [1.807, 2.05) is 42.0 Å². The van der Waals surface area contributed by atoms with Crippen molar-refractivity contribution >= 4 is 16.8 Å². The zero-order valence-corrected chi connectivity index (χ0v) is 12.5. The predicted octanol–water partition coefficient (Wildman–Crippen LogP) is 1.93. The number of hydrogen-bond acceptors (Lipinski definition) is 3. The molecular formula is C16H22N2O3. The number of aromatic nitrogens is 1. The Morgan fingerprint density at radius 2 is 2.24 bits per heavy atom. The molecule has 0 bridgehead atoms. The molecule has 1 atom stereocenters. The van der Waals surface area contributed by atoms with Crippen LogP contribution in [0.2, 0.25) is 0 Å². The van der Waals surface area contributed by atoms with Gasteiger partial charge in [0.25, 0.3) is 0 Å². The summed E-state index contributed by atoms with van der Waals surface area (Å²) in [5.41, 5.74) is 1.01. The van der Waals surface area contributed by atoms with E-state index in [0.717, 1.165) is 23.1 Å². The lowest BCUT2D eigenvalue weighted by atomic mass is 10.2. The van der Waals surface area contributed by atoms with E-state index in [0.29, 0.717) is 13.0 Å². The fraction of sp³-hybridized carbons (Fsp3) is 0.438. The van der Waals surface area contributed by atoms with Crippen molar-refractivity contribution < 1.29 is 14.6 Å². The van der Waals surface area contributed by atoms with E-state index in [9.17, 15) is 4.79 Å². The monoisotopic (exact) mass is 290 g/mol. The average molecular weight is 290 g/mol. The summed E-state index contributed by atoms with van der Waals surface area (Å²) in [5, 5.41) is 12.8. The Morgan fingerprint density at radius 1 is 1.43 bits per heavy atom. The summed E-state index contributed by atoms with van der Waals surface area (Å²) in [6, 6.07) is 7.84. The van der Waals surface area contributed by atoms with Crippen LogP contribution < -0.4 is 10.1 Å². The second-order valence-electron chi connectivity index (χ2n) is 5.20. The second-order valence-corrected chi connectivity index (χ2v) is 5.20. The molecule has 0 spiro atoms. The maximum atomic E-state index is 12.0. The molecule has 5 nitrogen and oxygen atoms in total. The second kappa shape index (κ2) is 7.13. The van der Waals surface area contributed by atoms with Gasteiger partial charge in [0, 0.05) is 29.7 Å². The van der Waals surface area contributed by atoms with Gasteiger partial charge in [-0.15, -0.1) is 0 Å². The van der Waals surface area contributed by atoms with Gasteiger partial charge in [-0.3, -0.25) is 4.79 Å². The van der Waals surface area contributed by atoms with Gasteiger partial charge in [-0.25, -0.2) is 0 Å². The van der Waals surface area contributed by atoms with Gasteiger partial charge in [0.1, 0.15) is 12.3 Å². The molecular weight excluding hydrogens is 268 g/mol. The van der Waals surface area contributed by atoms with Crippen LogP contribution in [0.25, 0.3) is 10.9 Å². The summed E-state index contributed by atoms with van der Waals surface area (Å²) in [6.07, 6.45) is 3.39. The van der Waals surface area contributed by atoms with Crippen molar-refractivity contribution in [3.05, 3.63) is 30.5 Å². The van der Waals surface area contributed by atoms with E-state index < -0.39 is 0 Å². The fourth-order valence-corrected chi connectivity index (χ4v) is 2.39. The van der Waals surface area contributed by atoms with E-state index in [4.69, 9.17) is 9.84 Å². The van der Waals surface area contributed by atoms with E-state index in [1.165, 1.54) is 0 Å². The van der Waals surface area contributed by atoms with Gasteiger partial charge in [0.15, 0.2) is 0 Å². The van der Waals surface area contributed by atoms with E-state index in [2.05, 4.69) is 5.32 Å². The van der Waals surface area contributed by atoms with Crippen LogP contribution in [-0.4, -0.2) is 35.3 Å². The number of carbonyl (C=O) groups excluding carboxylic acids is 1. The van der Waals surface area contributed by atoms with Gasteiger partial charge in [-0.05, 0) is 44.0 Å². The van der Waals surface area contributed by atoms with Crippen LogP contribution in [0.15, 0.2) is 30.5 Å². The van der Waals surface area contributed by atoms with Gasteiger partial charge < -0.3 is 19.7 Å². The standard InChI is InChI=1S/C16H22N2O3/c1-12(4-3-9-19)17-16(20)11-18-8-7-13-10-14(21-2)5-6-15(13)18/h5-8,10,12,19H,3-4,9,11H2,1-2H3,(H,17,20). The minimum atomic E-state index is -0.0197. The van der Waals surface area contributed by atoms with Crippen LogP contribution in [0.4, 0.5) is 0 Å². The van der Waals surface area contributed by atoms with Crippen molar-refractivity contribution in [1.82, 2.24) is 9.88 Å². The third-order valence-electron chi connectivity index (χ3n) is 3.49. The number of aliphatic hydroxyl groups is 1. The summed E-state index contributed by atoms with van der Waals surface area (Å²) in [6.45, 7) is 2.40. The maximum Gasteiger partial charge on any atom is 0.240 e. The minimum Gasteiger partial charge on any atom is -0.497 e. The highest BCUT2D eigenvalue weighted by Gasteiger charge is 2.09. The number of nitrogens with zero attached hydrogens (tertiary/aromatic N) is 1. The number of benzene rings is 1. The predicted molar refractivity (Wildman–Crippen MR) is 82.4 cm³/mol. The molecule has 1 unspecified atom stereocenters. The molecule has 2 aromatic rings. The first-order valence-electron chi connectivity index (χ1n) is 7.17. The number of hydrogen-bond donors (Lipinski definition) is 2. The molecule has 1 aromatic carbocycles. The third-order valence-corrected chi connectivity index (χ3v) is 3.49. The van der Waals surface area contributed by atoms with Gasteiger partial charge >= 0.3 is 0 Å². The highest BCUT2D eigenvalue weighted by molar-refractivity contribution is 5.84. The van der Waals surface area contributed by atoms with Gasteiger partial charge in [0.05, 0.1) is 7.11 Å². The van der Waals surface area contributed by atoms with Crippen molar-refractivity contribution in [3.8, 4) is 5.75 Å². The molecule has 0 aliphatic heterocycles. The molecule has 5 heteroatoms. The first-order chi connectivity index (χ1) is 10.1. The fourth-order valence-electron chi connectivity index (χ4n) is 2.39. The summed E-state index contributed by atoms with van der Waals surface area (Å²) in [7, 11) is 1.64. The van der Waals surface area contributed by atoms with E-state index >= 15 is 0 Å². The Labute approximate surface area is 124 Å². The Morgan fingerprint density at radius 3 is 2.95 bits per heavy atom. The molecule has 0 saturated carbocycles. The zero-order valence-electron chi connectivity index (χ0n) is 12.5. The normalized spacial score (nSPS) is 12.3. The van der Waals surface area contributed by atoms with Crippen molar-refractivity contribution in [2.24, 2.45) is 0 Å². The largest absolute Gasteiger partial charge is 0.497 e. The third kappa shape index (κ3) is 3.98. The number of carbonyl (C=O) groups is 1. The Bertz CT molecular complexity index is 607. The van der Waals surface area contributed by atoms with Crippen molar-refractivity contribution in [2.75, 3.05) is 13.7 Å². The summed E-state index contributed by atoms with van der Waals surface area (Å²) >= 11 is 0. The average Bonchev–Trinajstić information content (AvgIpc) is 2.87. The molecule has 0 aliphatic rings. The van der Waals surface area contributed by atoms with Gasteiger partial charge in [-0.1, -0.05) is 0 Å². The van der Waals surface area contributed by atoms with Crippen LogP contribution >= 0.6 is 0 Å². The van der Waals surface area contributed by atoms with Crippen LogP contribution in [0.5, 0.6) is 5.75 Å². The number of amides is 1. The number of fused-ring (bicyclic) bond motifs is 1. The maximum absolute atomic E-state index is 12.0. The highest BCUT2D eigenvalue weighted by Crippen LogP contribution is 2.21. The van der Waals surface area contributed by atoms with Gasteiger partial charge in [-0.2, -0.15) is 0 Å². The lowest BCUT2D eigenvalue weighted by Gasteiger charge is -2.14. The van der Waals surface area contributed by atoms with Crippen LogP contribution in [-0.2, 0) is 11.3 Å². The van der Waals surface area contributed by atoms with Crippen LogP contribution in [0, 0.1) is 0 Å². The van der Waals surface area contributed by atoms with Crippen molar-refractivity contribution in [2.45, 2.75) is 32.4 Å². The lowest BCUT2D eigenvalue weighted by molar-refractivity contribution is -0.122. The molecule has 2 rings (SSSR count). The lowest BCUT2D eigenvalue weighted by Crippen LogP contribution is -2.35. The van der Waals surface area contributed by atoms with E-state index in [1.54, 1.807) is 7.11 Å². The van der Waals surface area contributed by atoms with Crippen LogP contribution in [0.3, 0.4) is 0 Å². The first kappa shape index (κ1) is 15.4. The molecule has 0 radical (unpaired) electrons. The molecule has 0 fully saturated rings. The SMILES string of the molecule is COc1ccc2c(ccn2CC(=O)NC(C)CCCO)c1. The Balaban J connectivity index is 2.01. The summed E-state index contributed by atoms with van der Waals surface area (Å²) in [5.74, 6) is 0.788. The first-order valence-corrected chi connectivity index (χ1v) is 7.17. The molecule has 0 saturated heterocycles. The van der Waals surface area contributed by atoms with Crippen molar-refractivity contribution in [1.29, 1.82) is 0 Å². The number of methoxy groups -OCH3 is 1. The van der Waals surface area contributed by atoms with Gasteiger partial charge in [0.2, 0.25) is 5.91 Å². The van der Waals surface area contributed by atoms with Crippen LogP contribution in [0.1, 0.15) is 19.8 Å². The molecule has 2 N–H and O–H groups in total. The molecule has 1 heterocycles. The quantitative estimate of drug-likeness (QED) is 0.819. The summed E-state index contributed by atoms with van der Waals surface area (Å²) in [4.78, 5) is 12.0. The van der Waals surface area contributed by atoms with Crippen molar-refractivity contribution in [3.63, 3.8) is 0 Å². The smallest absolute Gasteiger partial charge is 0.240 e. The topological polar surface area (TPSA) is 63.5 Å². The zero-order chi connectivity index (χ0) is 15.2. The summed E-state index contributed by atoms with van der Waals surface area (Å²) < 4.78 is 7.11. The number of rotatable bonds is 7.